The van der Waals surface area contributed by atoms with Crippen LogP contribution in [0.2, 0.25) is 0 Å². The first kappa shape index (κ1) is 14.5. The van der Waals surface area contributed by atoms with Gasteiger partial charge in [-0.3, -0.25) is 0 Å². The van der Waals surface area contributed by atoms with E-state index < -0.39 is 7.12 Å². The summed E-state index contributed by atoms with van der Waals surface area (Å²) in [6.45, 7) is 5.49. The lowest BCUT2D eigenvalue weighted by atomic mass is 9.79. The highest BCUT2D eigenvalue weighted by Crippen LogP contribution is 2.07. The maximum atomic E-state index is 9.16. The number of hydrogen-bond donors (Lipinski definition) is 2. The van der Waals surface area contributed by atoms with Crippen LogP contribution < -0.4 is 5.46 Å². The van der Waals surface area contributed by atoms with Gasteiger partial charge in [0.05, 0.1) is 0 Å². The highest BCUT2D eigenvalue weighted by Gasteiger charge is 2.13. The van der Waals surface area contributed by atoms with Crippen LogP contribution in [0.1, 0.15) is 18.4 Å². The molecule has 0 bridgehead atoms. The van der Waals surface area contributed by atoms with Crippen molar-refractivity contribution in [2.24, 2.45) is 0 Å². The van der Waals surface area contributed by atoms with Gasteiger partial charge in [0.1, 0.15) is 0 Å². The van der Waals surface area contributed by atoms with Crippen molar-refractivity contribution < 1.29 is 10.0 Å². The van der Waals surface area contributed by atoms with Crippen molar-refractivity contribution >= 4 is 12.6 Å². The van der Waals surface area contributed by atoms with Gasteiger partial charge in [-0.05, 0) is 44.0 Å². The molecular weight excluding hydrogens is 239 g/mol. The van der Waals surface area contributed by atoms with Crippen molar-refractivity contribution in [3.8, 4) is 0 Å². The van der Waals surface area contributed by atoms with Crippen LogP contribution in [0.25, 0.3) is 0 Å². The molecule has 0 aliphatic carbocycles. The molecule has 0 aromatic heterocycles. The highest BCUT2D eigenvalue weighted by molar-refractivity contribution is 6.58. The quantitative estimate of drug-likeness (QED) is 0.702. The van der Waals surface area contributed by atoms with E-state index in [4.69, 9.17) is 10.0 Å². The summed E-state index contributed by atoms with van der Waals surface area (Å²) in [6, 6.07) is 7.49. The second kappa shape index (κ2) is 7.05. The minimum absolute atomic E-state index is 0.561. The fourth-order valence-corrected chi connectivity index (χ4v) is 2.56. The number of likely N-dealkylation sites (N-methyl/N-ethyl adjacent to an activating group) is 1. The molecule has 1 saturated heterocycles. The van der Waals surface area contributed by atoms with E-state index in [1.165, 1.54) is 25.9 Å². The van der Waals surface area contributed by atoms with Crippen molar-refractivity contribution in [2.45, 2.75) is 19.4 Å². The Kier molecular flexibility index (Phi) is 5.40. The Morgan fingerprint density at radius 2 is 2.00 bits per heavy atom. The van der Waals surface area contributed by atoms with E-state index in [1.54, 1.807) is 6.07 Å². The molecule has 1 heterocycles. The van der Waals surface area contributed by atoms with Crippen LogP contribution in [0, 0.1) is 0 Å². The Bertz CT molecular complexity index is 395. The maximum absolute atomic E-state index is 9.16. The molecule has 0 radical (unpaired) electrons. The Labute approximate surface area is 115 Å². The average Bonchev–Trinajstić information content (AvgIpc) is 2.90. The summed E-state index contributed by atoms with van der Waals surface area (Å²) < 4.78 is 0. The molecule has 2 rings (SSSR count). The Hall–Kier alpha value is -0.875. The van der Waals surface area contributed by atoms with Gasteiger partial charge < -0.3 is 19.8 Å². The molecule has 0 unspecified atom stereocenters. The van der Waals surface area contributed by atoms with Crippen molar-refractivity contribution in [1.29, 1.82) is 0 Å². The van der Waals surface area contributed by atoms with Gasteiger partial charge in [0.25, 0.3) is 0 Å². The molecule has 1 aliphatic rings. The van der Waals surface area contributed by atoms with Crippen molar-refractivity contribution in [3.05, 3.63) is 29.8 Å². The first-order valence-electron chi connectivity index (χ1n) is 7.01. The first-order chi connectivity index (χ1) is 9.15. The summed E-state index contributed by atoms with van der Waals surface area (Å²) in [4.78, 5) is 4.78. The van der Waals surface area contributed by atoms with Gasteiger partial charge in [-0.2, -0.15) is 0 Å². The minimum atomic E-state index is -1.38. The molecule has 1 fully saturated rings. The van der Waals surface area contributed by atoms with E-state index in [1.807, 2.05) is 18.2 Å². The Balaban J connectivity index is 1.80. The third-order valence-electron chi connectivity index (χ3n) is 3.70. The minimum Gasteiger partial charge on any atom is -0.423 e. The van der Waals surface area contributed by atoms with Gasteiger partial charge in [-0.15, -0.1) is 0 Å². The summed E-state index contributed by atoms with van der Waals surface area (Å²) in [6.07, 6.45) is 2.67. The van der Waals surface area contributed by atoms with Crippen LogP contribution >= 0.6 is 0 Å². The zero-order chi connectivity index (χ0) is 13.7. The molecule has 0 atom stereocenters. The van der Waals surface area contributed by atoms with Crippen molar-refractivity contribution in [1.82, 2.24) is 9.80 Å². The molecule has 1 aromatic rings. The third kappa shape index (κ3) is 4.62. The monoisotopic (exact) mass is 262 g/mol. The molecule has 2 N–H and O–H groups in total. The second-order valence-corrected chi connectivity index (χ2v) is 5.41. The van der Waals surface area contributed by atoms with Gasteiger partial charge in [0.15, 0.2) is 0 Å². The van der Waals surface area contributed by atoms with Crippen molar-refractivity contribution in [3.63, 3.8) is 0 Å². The molecule has 1 aromatic carbocycles. The Morgan fingerprint density at radius 3 is 2.68 bits per heavy atom. The first-order valence-corrected chi connectivity index (χ1v) is 7.01. The second-order valence-electron chi connectivity index (χ2n) is 5.41. The van der Waals surface area contributed by atoms with E-state index in [0.29, 0.717) is 5.46 Å². The molecule has 1 aliphatic heterocycles. The lowest BCUT2D eigenvalue weighted by molar-refractivity contribution is 0.252. The average molecular weight is 262 g/mol. The molecule has 5 heteroatoms. The van der Waals surface area contributed by atoms with Crippen LogP contribution in [0.5, 0.6) is 0 Å². The molecule has 0 amide bonds. The van der Waals surface area contributed by atoms with Crippen LogP contribution in [0.15, 0.2) is 24.3 Å². The van der Waals surface area contributed by atoms with E-state index in [2.05, 4.69) is 16.8 Å². The molecule has 19 heavy (non-hydrogen) atoms. The third-order valence-corrected chi connectivity index (χ3v) is 3.70. The number of likely N-dealkylation sites (tertiary alicyclic amines) is 1. The molecule has 104 valence electrons. The summed E-state index contributed by atoms with van der Waals surface area (Å²) in [5, 5.41) is 18.3. The molecular formula is C14H23BN2O2. The topological polar surface area (TPSA) is 46.9 Å². The standard InChI is InChI=1S/C14H23BN2O2/c1-16(9-10-17-7-2-3-8-17)12-13-5-4-6-14(11-13)15(18)19/h4-6,11,18-19H,2-3,7-10,12H2,1H3. The maximum Gasteiger partial charge on any atom is 0.488 e. The summed E-state index contributed by atoms with van der Waals surface area (Å²) in [5.74, 6) is 0. The van der Waals surface area contributed by atoms with Crippen LogP contribution in [-0.2, 0) is 6.54 Å². The molecule has 4 nitrogen and oxygen atoms in total. The molecule has 0 saturated carbocycles. The largest absolute Gasteiger partial charge is 0.488 e. The summed E-state index contributed by atoms with van der Waals surface area (Å²) in [5.41, 5.74) is 1.68. The summed E-state index contributed by atoms with van der Waals surface area (Å²) in [7, 11) is 0.729. The van der Waals surface area contributed by atoms with E-state index in [9.17, 15) is 0 Å². The molecule has 0 spiro atoms. The van der Waals surface area contributed by atoms with E-state index in [0.717, 1.165) is 25.2 Å². The van der Waals surface area contributed by atoms with Gasteiger partial charge in [0, 0.05) is 19.6 Å². The summed E-state index contributed by atoms with van der Waals surface area (Å²) >= 11 is 0. The number of nitrogens with zero attached hydrogens (tertiary/aromatic N) is 2. The van der Waals surface area contributed by atoms with Gasteiger partial charge in [-0.1, -0.05) is 24.3 Å². The van der Waals surface area contributed by atoms with Gasteiger partial charge in [0.2, 0.25) is 0 Å². The highest BCUT2D eigenvalue weighted by atomic mass is 16.4. The lowest BCUT2D eigenvalue weighted by Crippen LogP contribution is -2.32. The SMILES string of the molecule is CN(CCN1CCCC1)Cc1cccc(B(O)O)c1. The van der Waals surface area contributed by atoms with E-state index >= 15 is 0 Å². The lowest BCUT2D eigenvalue weighted by Gasteiger charge is -2.21. The fraction of sp³-hybridized carbons (Fsp3) is 0.571. The number of rotatable bonds is 6. The van der Waals surface area contributed by atoms with Crippen LogP contribution in [-0.4, -0.2) is 60.2 Å². The van der Waals surface area contributed by atoms with Crippen LogP contribution in [0.3, 0.4) is 0 Å². The van der Waals surface area contributed by atoms with Gasteiger partial charge >= 0.3 is 7.12 Å². The van der Waals surface area contributed by atoms with E-state index in [-0.39, 0.29) is 0 Å². The predicted octanol–water partition coefficient (Wildman–Crippen LogP) is -0.106. The normalized spacial score (nSPS) is 16.2. The fourth-order valence-electron chi connectivity index (χ4n) is 2.56. The van der Waals surface area contributed by atoms with Crippen molar-refractivity contribution in [2.75, 3.05) is 33.2 Å². The zero-order valence-electron chi connectivity index (χ0n) is 11.6. The smallest absolute Gasteiger partial charge is 0.423 e. The predicted molar refractivity (Wildman–Crippen MR) is 78.3 cm³/mol. The number of benzene rings is 1. The van der Waals surface area contributed by atoms with Crippen LogP contribution in [0.4, 0.5) is 0 Å². The van der Waals surface area contributed by atoms with Gasteiger partial charge in [-0.25, -0.2) is 0 Å². The Morgan fingerprint density at radius 1 is 1.26 bits per heavy atom. The number of hydrogen-bond acceptors (Lipinski definition) is 4. The zero-order valence-corrected chi connectivity index (χ0v) is 11.6.